The van der Waals surface area contributed by atoms with Gasteiger partial charge in [-0.05, 0) is 19.3 Å². The first kappa shape index (κ1) is 7.73. The van der Waals surface area contributed by atoms with Gasteiger partial charge in [0.1, 0.15) is 0 Å². The lowest BCUT2D eigenvalue weighted by molar-refractivity contribution is 0.0810. The summed E-state index contributed by atoms with van der Waals surface area (Å²) in [5, 5.41) is 0. The minimum absolute atomic E-state index is 0.301. The first-order valence-corrected chi connectivity index (χ1v) is 3.94. The highest BCUT2D eigenvalue weighted by atomic mass is 16.5. The molecule has 1 saturated heterocycles. The van der Waals surface area contributed by atoms with E-state index in [2.05, 4.69) is 11.9 Å². The van der Waals surface area contributed by atoms with Crippen molar-refractivity contribution in [3.8, 4) is 0 Å². The monoisotopic (exact) mass is 141 g/mol. The molecule has 2 atom stereocenters. The van der Waals surface area contributed by atoms with Gasteiger partial charge in [0.2, 0.25) is 0 Å². The summed E-state index contributed by atoms with van der Waals surface area (Å²) in [6.07, 6.45) is 6.17. The Morgan fingerprint density at radius 1 is 1.60 bits per heavy atom. The molecule has 1 aliphatic rings. The number of hydrogen-bond acceptors (Lipinski definition) is 2. The Balaban J connectivity index is 2.28. The second kappa shape index (κ2) is 3.71. The lowest BCUT2D eigenvalue weighted by atomic mass is 10.2. The summed E-state index contributed by atoms with van der Waals surface area (Å²) in [5.41, 5.74) is 0. The van der Waals surface area contributed by atoms with Crippen LogP contribution in [0, 0.1) is 0 Å². The molecular formula is C8H15NO. The molecule has 0 amide bonds. The lowest BCUT2D eigenvalue weighted by Crippen LogP contribution is -2.10. The molecule has 0 aromatic carbocycles. The van der Waals surface area contributed by atoms with Crippen LogP contribution in [0.15, 0.2) is 4.99 Å². The van der Waals surface area contributed by atoms with Crippen molar-refractivity contribution in [3.05, 3.63) is 0 Å². The maximum atomic E-state index is 5.60. The third kappa shape index (κ3) is 1.81. The van der Waals surface area contributed by atoms with Gasteiger partial charge < -0.3 is 4.74 Å². The van der Waals surface area contributed by atoms with Crippen molar-refractivity contribution < 1.29 is 4.74 Å². The fourth-order valence-electron chi connectivity index (χ4n) is 1.31. The number of aliphatic imine (C=N–C) groups is 1. The molecule has 0 bridgehead atoms. The van der Waals surface area contributed by atoms with Gasteiger partial charge >= 0.3 is 0 Å². The molecule has 0 spiro atoms. The van der Waals surface area contributed by atoms with Crippen molar-refractivity contribution in [1.82, 2.24) is 0 Å². The van der Waals surface area contributed by atoms with Crippen molar-refractivity contribution >= 4 is 6.21 Å². The zero-order chi connectivity index (χ0) is 7.40. The normalized spacial score (nSPS) is 33.8. The van der Waals surface area contributed by atoms with E-state index < -0.39 is 0 Å². The van der Waals surface area contributed by atoms with Crippen LogP contribution in [0.3, 0.4) is 0 Å². The summed E-state index contributed by atoms with van der Waals surface area (Å²) in [5.74, 6) is 0. The first-order valence-electron chi connectivity index (χ1n) is 3.94. The third-order valence-electron chi connectivity index (χ3n) is 1.91. The molecule has 10 heavy (non-hydrogen) atoms. The van der Waals surface area contributed by atoms with Crippen LogP contribution in [0.1, 0.15) is 26.2 Å². The van der Waals surface area contributed by atoms with E-state index in [1.54, 1.807) is 7.05 Å². The molecule has 58 valence electrons. The summed E-state index contributed by atoms with van der Waals surface area (Å²) >= 11 is 0. The van der Waals surface area contributed by atoms with Crippen LogP contribution >= 0.6 is 0 Å². The van der Waals surface area contributed by atoms with Gasteiger partial charge in [-0.15, -0.1) is 0 Å². The Morgan fingerprint density at radius 2 is 2.40 bits per heavy atom. The molecule has 0 saturated carbocycles. The van der Waals surface area contributed by atoms with E-state index in [4.69, 9.17) is 4.74 Å². The van der Waals surface area contributed by atoms with E-state index in [1.165, 1.54) is 6.42 Å². The molecule has 0 aromatic rings. The molecule has 1 rings (SSSR count). The number of hydrogen-bond donors (Lipinski definition) is 0. The molecule has 0 radical (unpaired) electrons. The lowest BCUT2D eigenvalue weighted by Gasteiger charge is -2.06. The predicted molar refractivity (Wildman–Crippen MR) is 42.6 cm³/mol. The minimum Gasteiger partial charge on any atom is -0.369 e. The highest BCUT2D eigenvalue weighted by Crippen LogP contribution is 2.20. The van der Waals surface area contributed by atoms with Crippen LogP contribution in [0.2, 0.25) is 0 Å². The Morgan fingerprint density at radius 3 is 2.90 bits per heavy atom. The van der Waals surface area contributed by atoms with Gasteiger partial charge in [0, 0.05) is 13.3 Å². The van der Waals surface area contributed by atoms with Crippen LogP contribution in [0.25, 0.3) is 0 Å². The van der Waals surface area contributed by atoms with Gasteiger partial charge in [-0.25, -0.2) is 0 Å². The van der Waals surface area contributed by atoms with Gasteiger partial charge in [0.05, 0.1) is 12.2 Å². The van der Waals surface area contributed by atoms with Crippen LogP contribution in [0.5, 0.6) is 0 Å². The Hall–Kier alpha value is -0.370. The van der Waals surface area contributed by atoms with Crippen molar-refractivity contribution in [1.29, 1.82) is 0 Å². The average Bonchev–Trinajstić information content (AvgIpc) is 2.37. The van der Waals surface area contributed by atoms with Crippen LogP contribution < -0.4 is 0 Å². The Kier molecular flexibility index (Phi) is 2.87. The smallest absolute Gasteiger partial charge is 0.0926 e. The van der Waals surface area contributed by atoms with Crippen molar-refractivity contribution in [2.24, 2.45) is 4.99 Å². The second-order valence-electron chi connectivity index (χ2n) is 2.69. The van der Waals surface area contributed by atoms with Crippen LogP contribution in [-0.2, 0) is 4.74 Å². The topological polar surface area (TPSA) is 21.6 Å². The third-order valence-corrected chi connectivity index (χ3v) is 1.91. The largest absolute Gasteiger partial charge is 0.369 e. The molecule has 0 aliphatic carbocycles. The fraction of sp³-hybridized carbons (Fsp3) is 0.875. The maximum absolute atomic E-state index is 5.60. The van der Waals surface area contributed by atoms with Gasteiger partial charge in [0.25, 0.3) is 0 Å². The van der Waals surface area contributed by atoms with Crippen molar-refractivity contribution in [2.45, 2.75) is 38.4 Å². The highest BCUT2D eigenvalue weighted by molar-refractivity contribution is 5.63. The molecule has 1 heterocycles. The van der Waals surface area contributed by atoms with E-state index in [0.717, 1.165) is 12.8 Å². The molecule has 2 nitrogen and oxygen atoms in total. The predicted octanol–water partition coefficient (Wildman–Crippen LogP) is 1.64. The quantitative estimate of drug-likeness (QED) is 0.536. The van der Waals surface area contributed by atoms with E-state index in [0.29, 0.717) is 12.2 Å². The van der Waals surface area contributed by atoms with E-state index in [1.807, 2.05) is 6.21 Å². The molecule has 2 unspecified atom stereocenters. The maximum Gasteiger partial charge on any atom is 0.0926 e. The van der Waals surface area contributed by atoms with Gasteiger partial charge in [0.15, 0.2) is 0 Å². The summed E-state index contributed by atoms with van der Waals surface area (Å²) in [7, 11) is 1.79. The average molecular weight is 141 g/mol. The van der Waals surface area contributed by atoms with Crippen molar-refractivity contribution in [2.75, 3.05) is 7.05 Å². The number of rotatable bonds is 2. The van der Waals surface area contributed by atoms with Gasteiger partial charge in [-0.1, -0.05) is 6.92 Å². The summed E-state index contributed by atoms with van der Waals surface area (Å²) in [6.45, 7) is 2.16. The zero-order valence-electron chi connectivity index (χ0n) is 6.71. The van der Waals surface area contributed by atoms with Crippen LogP contribution in [0.4, 0.5) is 0 Å². The summed E-state index contributed by atoms with van der Waals surface area (Å²) in [4.78, 5) is 3.94. The van der Waals surface area contributed by atoms with E-state index in [-0.39, 0.29) is 0 Å². The molecule has 2 heteroatoms. The highest BCUT2D eigenvalue weighted by Gasteiger charge is 2.21. The molecular weight excluding hydrogens is 126 g/mol. The fourth-order valence-corrected chi connectivity index (χ4v) is 1.31. The second-order valence-corrected chi connectivity index (χ2v) is 2.69. The molecule has 0 N–H and O–H groups in total. The standard InChI is InChI=1S/C8H15NO/c1-3-7-4-5-8(10-7)6-9-2/h6-8H,3-5H2,1-2H3/b9-6+. The summed E-state index contributed by atoms with van der Waals surface area (Å²) in [6, 6.07) is 0. The first-order chi connectivity index (χ1) is 4.86. The Bertz CT molecular complexity index is 122. The van der Waals surface area contributed by atoms with E-state index in [9.17, 15) is 0 Å². The van der Waals surface area contributed by atoms with Gasteiger partial charge in [-0.2, -0.15) is 0 Å². The summed E-state index contributed by atoms with van der Waals surface area (Å²) < 4.78 is 5.60. The van der Waals surface area contributed by atoms with Gasteiger partial charge in [-0.3, -0.25) is 4.99 Å². The zero-order valence-corrected chi connectivity index (χ0v) is 6.71. The van der Waals surface area contributed by atoms with Crippen LogP contribution in [-0.4, -0.2) is 25.5 Å². The molecule has 1 aliphatic heterocycles. The minimum atomic E-state index is 0.301. The van der Waals surface area contributed by atoms with Crippen molar-refractivity contribution in [3.63, 3.8) is 0 Å². The number of nitrogens with zero attached hydrogens (tertiary/aromatic N) is 1. The Labute approximate surface area is 62.3 Å². The SMILES string of the molecule is CCC1CCC(/C=N/C)O1. The molecule has 1 fully saturated rings. The van der Waals surface area contributed by atoms with E-state index >= 15 is 0 Å². The molecule has 0 aromatic heterocycles. The number of ether oxygens (including phenoxy) is 1.